The molecule has 1 heterocycles. The predicted octanol–water partition coefficient (Wildman–Crippen LogP) is 2.43. The Morgan fingerprint density at radius 1 is 1.45 bits per heavy atom. The molecular formula is C16H24N2O2. The molecule has 4 nitrogen and oxygen atoms in total. The highest BCUT2D eigenvalue weighted by atomic mass is 16.5. The van der Waals surface area contributed by atoms with E-state index in [4.69, 9.17) is 10.5 Å². The molecule has 4 heteroatoms. The minimum atomic E-state index is -0.286. The van der Waals surface area contributed by atoms with Crippen LogP contribution in [0.4, 0.5) is 5.69 Å². The van der Waals surface area contributed by atoms with Crippen molar-refractivity contribution in [2.24, 2.45) is 5.92 Å². The van der Waals surface area contributed by atoms with Gasteiger partial charge in [-0.3, -0.25) is 4.79 Å². The van der Waals surface area contributed by atoms with E-state index in [0.29, 0.717) is 19.1 Å². The van der Waals surface area contributed by atoms with Crippen LogP contribution in [0, 0.1) is 5.92 Å². The van der Waals surface area contributed by atoms with Crippen LogP contribution in [0.25, 0.3) is 0 Å². The molecule has 0 aromatic heterocycles. The van der Waals surface area contributed by atoms with Crippen molar-refractivity contribution in [3.63, 3.8) is 0 Å². The van der Waals surface area contributed by atoms with Crippen molar-refractivity contribution in [1.29, 1.82) is 0 Å². The van der Waals surface area contributed by atoms with Gasteiger partial charge in [0.05, 0.1) is 0 Å². The minimum absolute atomic E-state index is 0.0973. The Hall–Kier alpha value is -1.55. The maximum absolute atomic E-state index is 12.6. The number of nitrogens with two attached hydrogens (primary N) is 1. The fraction of sp³-hybridized carbons (Fsp3) is 0.562. The molecule has 2 unspecified atom stereocenters. The van der Waals surface area contributed by atoms with E-state index in [0.717, 1.165) is 30.6 Å². The molecule has 0 saturated carbocycles. The zero-order chi connectivity index (χ0) is 14.5. The predicted molar refractivity (Wildman–Crippen MR) is 80.1 cm³/mol. The van der Waals surface area contributed by atoms with Gasteiger partial charge in [0, 0.05) is 25.4 Å². The fourth-order valence-corrected chi connectivity index (χ4v) is 2.61. The molecule has 0 spiro atoms. The first-order valence-electron chi connectivity index (χ1n) is 7.37. The molecule has 1 amide bonds. The molecule has 1 fully saturated rings. The number of carbonyl (C=O) groups excluding carboxylic acids is 1. The summed E-state index contributed by atoms with van der Waals surface area (Å²) < 4.78 is 5.60. The van der Waals surface area contributed by atoms with Crippen LogP contribution in [-0.4, -0.2) is 30.1 Å². The molecule has 110 valence electrons. The van der Waals surface area contributed by atoms with E-state index in [1.165, 1.54) is 0 Å². The first-order valence-corrected chi connectivity index (χ1v) is 7.37. The van der Waals surface area contributed by atoms with Gasteiger partial charge in [0.1, 0.15) is 6.10 Å². The fourth-order valence-electron chi connectivity index (χ4n) is 2.61. The van der Waals surface area contributed by atoms with Crippen LogP contribution in [0.2, 0.25) is 0 Å². The standard InChI is InChI=1S/C16H24N2O2/c1-3-9-18(11-13-6-4-5-7-14(13)17)16(19)15-12(2)8-10-20-15/h4-7,12,15H,3,8-11,17H2,1-2H3. The van der Waals surface area contributed by atoms with Crippen molar-refractivity contribution >= 4 is 11.6 Å². The molecule has 2 rings (SSSR count). The molecule has 1 aromatic rings. The third-order valence-corrected chi connectivity index (χ3v) is 3.85. The Balaban J connectivity index is 2.10. The van der Waals surface area contributed by atoms with Gasteiger partial charge in [0.2, 0.25) is 0 Å². The summed E-state index contributed by atoms with van der Waals surface area (Å²) in [6.07, 6.45) is 1.61. The second-order valence-corrected chi connectivity index (χ2v) is 5.52. The van der Waals surface area contributed by atoms with Gasteiger partial charge in [-0.25, -0.2) is 0 Å². The molecule has 1 aliphatic heterocycles. The van der Waals surface area contributed by atoms with Crippen LogP contribution < -0.4 is 5.73 Å². The molecule has 0 bridgehead atoms. The van der Waals surface area contributed by atoms with Gasteiger partial charge in [-0.05, 0) is 30.4 Å². The number of rotatable bonds is 5. The van der Waals surface area contributed by atoms with Gasteiger partial charge >= 0.3 is 0 Å². The highest BCUT2D eigenvalue weighted by molar-refractivity contribution is 5.81. The zero-order valence-electron chi connectivity index (χ0n) is 12.3. The van der Waals surface area contributed by atoms with Crippen LogP contribution in [-0.2, 0) is 16.1 Å². The SMILES string of the molecule is CCCN(Cc1ccccc1N)C(=O)C1OCCC1C. The monoisotopic (exact) mass is 276 g/mol. The van der Waals surface area contributed by atoms with Crippen molar-refractivity contribution in [2.45, 2.75) is 39.3 Å². The molecule has 2 atom stereocenters. The van der Waals surface area contributed by atoms with Crippen molar-refractivity contribution in [1.82, 2.24) is 4.90 Å². The summed E-state index contributed by atoms with van der Waals surface area (Å²) in [4.78, 5) is 14.5. The molecule has 2 N–H and O–H groups in total. The lowest BCUT2D eigenvalue weighted by molar-refractivity contribution is -0.143. The third kappa shape index (κ3) is 3.31. The van der Waals surface area contributed by atoms with Gasteiger partial charge in [-0.15, -0.1) is 0 Å². The summed E-state index contributed by atoms with van der Waals surface area (Å²) in [6.45, 7) is 6.14. The number of benzene rings is 1. The summed E-state index contributed by atoms with van der Waals surface area (Å²) in [7, 11) is 0. The number of amides is 1. The number of hydrogen-bond acceptors (Lipinski definition) is 3. The van der Waals surface area contributed by atoms with E-state index < -0.39 is 0 Å². The highest BCUT2D eigenvalue weighted by Crippen LogP contribution is 2.23. The summed E-state index contributed by atoms with van der Waals surface area (Å²) in [5.74, 6) is 0.398. The number of para-hydroxylation sites is 1. The van der Waals surface area contributed by atoms with E-state index in [1.54, 1.807) is 0 Å². The molecule has 0 aliphatic carbocycles. The Labute approximate surface area is 120 Å². The number of nitrogen functional groups attached to an aromatic ring is 1. The molecule has 1 saturated heterocycles. The Morgan fingerprint density at radius 3 is 2.80 bits per heavy atom. The second-order valence-electron chi connectivity index (χ2n) is 5.52. The summed E-state index contributed by atoms with van der Waals surface area (Å²) in [5.41, 5.74) is 7.71. The Bertz CT molecular complexity index is 462. The topological polar surface area (TPSA) is 55.6 Å². The molecule has 0 radical (unpaired) electrons. The lowest BCUT2D eigenvalue weighted by atomic mass is 10.0. The molecule has 20 heavy (non-hydrogen) atoms. The van der Waals surface area contributed by atoms with Crippen LogP contribution in [0.3, 0.4) is 0 Å². The van der Waals surface area contributed by atoms with Gasteiger partial charge < -0.3 is 15.4 Å². The summed E-state index contributed by atoms with van der Waals surface area (Å²) >= 11 is 0. The molecular weight excluding hydrogens is 252 g/mol. The van der Waals surface area contributed by atoms with Crippen molar-refractivity contribution in [3.8, 4) is 0 Å². The largest absolute Gasteiger partial charge is 0.398 e. The lowest BCUT2D eigenvalue weighted by Gasteiger charge is -2.27. The average molecular weight is 276 g/mol. The number of carbonyl (C=O) groups is 1. The number of nitrogens with zero attached hydrogens (tertiary/aromatic N) is 1. The first-order chi connectivity index (χ1) is 9.63. The number of ether oxygens (including phenoxy) is 1. The quantitative estimate of drug-likeness (QED) is 0.840. The van der Waals surface area contributed by atoms with Crippen LogP contribution >= 0.6 is 0 Å². The smallest absolute Gasteiger partial charge is 0.252 e. The lowest BCUT2D eigenvalue weighted by Crippen LogP contribution is -2.41. The maximum Gasteiger partial charge on any atom is 0.252 e. The van der Waals surface area contributed by atoms with Gasteiger partial charge in [0.25, 0.3) is 5.91 Å². The minimum Gasteiger partial charge on any atom is -0.398 e. The summed E-state index contributed by atoms with van der Waals surface area (Å²) in [5, 5.41) is 0. The molecule has 1 aromatic carbocycles. The Morgan fingerprint density at radius 2 is 2.20 bits per heavy atom. The van der Waals surface area contributed by atoms with Crippen molar-refractivity contribution in [2.75, 3.05) is 18.9 Å². The van der Waals surface area contributed by atoms with E-state index >= 15 is 0 Å². The molecule has 1 aliphatic rings. The number of hydrogen-bond donors (Lipinski definition) is 1. The Kier molecular flexibility index (Phi) is 5.01. The second kappa shape index (κ2) is 6.75. The first kappa shape index (κ1) is 14.9. The van der Waals surface area contributed by atoms with Gasteiger partial charge in [0.15, 0.2) is 0 Å². The van der Waals surface area contributed by atoms with E-state index in [2.05, 4.69) is 13.8 Å². The van der Waals surface area contributed by atoms with Crippen LogP contribution in [0.1, 0.15) is 32.3 Å². The van der Waals surface area contributed by atoms with Crippen molar-refractivity contribution < 1.29 is 9.53 Å². The van der Waals surface area contributed by atoms with E-state index in [1.807, 2.05) is 29.2 Å². The number of anilines is 1. The maximum atomic E-state index is 12.6. The van der Waals surface area contributed by atoms with Gasteiger partial charge in [-0.2, -0.15) is 0 Å². The van der Waals surface area contributed by atoms with E-state index in [9.17, 15) is 4.79 Å². The van der Waals surface area contributed by atoms with Crippen LogP contribution in [0.5, 0.6) is 0 Å². The summed E-state index contributed by atoms with van der Waals surface area (Å²) in [6, 6.07) is 7.71. The normalized spacial score (nSPS) is 21.9. The van der Waals surface area contributed by atoms with Crippen LogP contribution in [0.15, 0.2) is 24.3 Å². The van der Waals surface area contributed by atoms with Gasteiger partial charge in [-0.1, -0.05) is 32.0 Å². The van der Waals surface area contributed by atoms with E-state index in [-0.39, 0.29) is 12.0 Å². The highest BCUT2D eigenvalue weighted by Gasteiger charge is 2.33. The van der Waals surface area contributed by atoms with Crippen molar-refractivity contribution in [3.05, 3.63) is 29.8 Å². The third-order valence-electron chi connectivity index (χ3n) is 3.85. The average Bonchev–Trinajstić information content (AvgIpc) is 2.86. The zero-order valence-corrected chi connectivity index (χ0v) is 12.3.